The van der Waals surface area contributed by atoms with Crippen LogP contribution in [0.4, 0.5) is 4.39 Å². The minimum atomic E-state index is -0.272. The first kappa shape index (κ1) is 19.3. The molecule has 1 saturated heterocycles. The monoisotopic (exact) mass is 398 g/mol. The number of hydrogen-bond acceptors (Lipinski definition) is 6. The second-order valence-corrected chi connectivity index (χ2v) is 7.35. The quantitative estimate of drug-likeness (QED) is 0.710. The number of carbonyl (C=O) groups excluding carboxylic acids is 1. The first-order chi connectivity index (χ1) is 14.0. The molecule has 1 amide bonds. The van der Waals surface area contributed by atoms with Crippen molar-refractivity contribution in [3.05, 3.63) is 53.2 Å². The molecular weight excluding hydrogens is 375 g/mol. The Balaban J connectivity index is 1.34. The summed E-state index contributed by atoms with van der Waals surface area (Å²) in [6.45, 7) is 4.12. The van der Waals surface area contributed by atoms with Gasteiger partial charge in [0.1, 0.15) is 11.5 Å². The predicted octanol–water partition coefficient (Wildman–Crippen LogP) is 2.31. The van der Waals surface area contributed by atoms with E-state index in [2.05, 4.69) is 30.3 Å². The van der Waals surface area contributed by atoms with Crippen molar-refractivity contribution >= 4 is 5.91 Å². The largest absolute Gasteiger partial charge is 0.348 e. The molecule has 2 aromatic heterocycles. The summed E-state index contributed by atoms with van der Waals surface area (Å²) in [4.78, 5) is 14.6. The van der Waals surface area contributed by atoms with Crippen LogP contribution in [0.15, 0.2) is 35.0 Å². The van der Waals surface area contributed by atoms with Gasteiger partial charge in [0.15, 0.2) is 5.69 Å². The van der Waals surface area contributed by atoms with E-state index in [4.69, 9.17) is 0 Å². The van der Waals surface area contributed by atoms with Crippen LogP contribution in [0.25, 0.3) is 11.3 Å². The summed E-state index contributed by atoms with van der Waals surface area (Å²) >= 11 is 0. The summed E-state index contributed by atoms with van der Waals surface area (Å²) < 4.78 is 20.4. The fraction of sp³-hybridized carbons (Fsp3) is 0.400. The smallest absolute Gasteiger partial charge is 0.275 e. The molecule has 1 aromatic carbocycles. The van der Waals surface area contributed by atoms with E-state index in [1.165, 1.54) is 6.07 Å². The van der Waals surface area contributed by atoms with Crippen LogP contribution in [0.3, 0.4) is 0 Å². The number of amides is 1. The number of nitrogens with one attached hydrogen (secondary N) is 1. The van der Waals surface area contributed by atoms with Crippen molar-refractivity contribution in [1.29, 1.82) is 0 Å². The molecule has 29 heavy (non-hydrogen) atoms. The van der Waals surface area contributed by atoms with Crippen LogP contribution in [-0.2, 0) is 13.6 Å². The highest BCUT2D eigenvalue weighted by Gasteiger charge is 2.24. The lowest BCUT2D eigenvalue weighted by Gasteiger charge is -2.32. The van der Waals surface area contributed by atoms with Gasteiger partial charge in [-0.15, -0.1) is 0 Å². The van der Waals surface area contributed by atoms with Crippen LogP contribution in [0.5, 0.6) is 0 Å². The third kappa shape index (κ3) is 4.19. The van der Waals surface area contributed by atoms with Gasteiger partial charge in [0, 0.05) is 38.3 Å². The van der Waals surface area contributed by atoms with E-state index in [1.807, 2.05) is 19.2 Å². The third-order valence-electron chi connectivity index (χ3n) is 5.30. The Labute approximate surface area is 167 Å². The molecule has 152 valence electrons. The van der Waals surface area contributed by atoms with Gasteiger partial charge in [0.05, 0.1) is 11.4 Å². The number of piperidine rings is 1. The molecule has 1 aliphatic heterocycles. The molecule has 0 bridgehead atoms. The number of hydrogen-bond donors (Lipinski definition) is 1. The average Bonchev–Trinajstić information content (AvgIpc) is 3.29. The normalized spacial score (nSPS) is 15.6. The highest BCUT2D eigenvalue weighted by molar-refractivity contribution is 5.93. The molecular formula is C20H23FN6O2. The van der Waals surface area contributed by atoms with Gasteiger partial charge < -0.3 is 5.32 Å². The summed E-state index contributed by atoms with van der Waals surface area (Å²) in [6.07, 6.45) is 1.68. The summed E-state index contributed by atoms with van der Waals surface area (Å²) in [7, 11) is 1.88. The molecule has 0 aliphatic carbocycles. The number of benzene rings is 1. The van der Waals surface area contributed by atoms with E-state index in [-0.39, 0.29) is 23.5 Å². The maximum atomic E-state index is 14.0. The van der Waals surface area contributed by atoms with E-state index < -0.39 is 0 Å². The topological polar surface area (TPSA) is 89.1 Å². The Kier molecular flexibility index (Phi) is 5.39. The Morgan fingerprint density at radius 2 is 2.03 bits per heavy atom. The summed E-state index contributed by atoms with van der Waals surface area (Å²) in [6, 6.07) is 8.69. The molecule has 1 fully saturated rings. The lowest BCUT2D eigenvalue weighted by molar-refractivity contribution is 0.0898. The van der Waals surface area contributed by atoms with Crippen molar-refractivity contribution in [2.45, 2.75) is 32.4 Å². The van der Waals surface area contributed by atoms with Gasteiger partial charge >= 0.3 is 0 Å². The van der Waals surface area contributed by atoms with Crippen molar-refractivity contribution in [2.75, 3.05) is 13.1 Å². The second kappa shape index (κ2) is 8.12. The zero-order valence-corrected chi connectivity index (χ0v) is 16.4. The van der Waals surface area contributed by atoms with Crippen molar-refractivity contribution in [2.24, 2.45) is 7.05 Å². The summed E-state index contributed by atoms with van der Waals surface area (Å²) in [5.74, 6) is -0.519. The fourth-order valence-electron chi connectivity index (χ4n) is 3.61. The molecule has 0 saturated carbocycles. The zero-order valence-electron chi connectivity index (χ0n) is 16.4. The van der Waals surface area contributed by atoms with E-state index in [0.29, 0.717) is 17.0 Å². The average molecular weight is 398 g/mol. The highest BCUT2D eigenvalue weighted by atomic mass is 19.1. The third-order valence-corrected chi connectivity index (χ3v) is 5.30. The number of nitrogens with zero attached hydrogens (tertiary/aromatic N) is 5. The summed E-state index contributed by atoms with van der Waals surface area (Å²) in [5.41, 5.74) is 2.90. The van der Waals surface area contributed by atoms with Crippen molar-refractivity contribution in [3.63, 3.8) is 0 Å². The van der Waals surface area contributed by atoms with Crippen LogP contribution < -0.4 is 5.32 Å². The van der Waals surface area contributed by atoms with Crippen LogP contribution in [-0.4, -0.2) is 50.0 Å². The molecule has 0 radical (unpaired) electrons. The van der Waals surface area contributed by atoms with E-state index >= 15 is 0 Å². The maximum Gasteiger partial charge on any atom is 0.275 e. The minimum Gasteiger partial charge on any atom is -0.348 e. The molecule has 0 spiro atoms. The number of halogens is 1. The van der Waals surface area contributed by atoms with Gasteiger partial charge in [-0.3, -0.25) is 14.4 Å². The van der Waals surface area contributed by atoms with Gasteiger partial charge in [0.25, 0.3) is 5.91 Å². The standard InChI is InChI=1S/C20H23FN6O2/c1-13-19(25-29-24-13)20(28)22-14-7-9-27(10-8-14)12-15-11-18(23-26(15)2)16-5-3-4-6-17(16)21/h3-6,11,14H,7-10,12H2,1-2H3,(H,22,28). The Morgan fingerprint density at radius 3 is 2.72 bits per heavy atom. The van der Waals surface area contributed by atoms with Crippen molar-refractivity contribution in [1.82, 2.24) is 30.3 Å². The molecule has 1 N–H and O–H groups in total. The first-order valence-corrected chi connectivity index (χ1v) is 9.61. The number of rotatable bonds is 5. The van der Waals surface area contributed by atoms with Gasteiger partial charge in [-0.25, -0.2) is 9.02 Å². The Hall–Kier alpha value is -3.07. The fourth-order valence-corrected chi connectivity index (χ4v) is 3.61. The van der Waals surface area contributed by atoms with Gasteiger partial charge in [-0.05, 0) is 43.1 Å². The van der Waals surface area contributed by atoms with Gasteiger partial charge in [0.2, 0.25) is 0 Å². The zero-order chi connectivity index (χ0) is 20.4. The van der Waals surface area contributed by atoms with E-state index in [9.17, 15) is 9.18 Å². The van der Waals surface area contributed by atoms with E-state index in [0.717, 1.165) is 38.2 Å². The minimum absolute atomic E-state index is 0.0929. The van der Waals surface area contributed by atoms with Crippen LogP contribution >= 0.6 is 0 Å². The molecule has 3 heterocycles. The molecule has 8 nitrogen and oxygen atoms in total. The maximum absolute atomic E-state index is 14.0. The SMILES string of the molecule is Cc1nonc1C(=O)NC1CCN(Cc2cc(-c3ccccc3F)nn2C)CC1. The van der Waals surface area contributed by atoms with Crippen LogP contribution in [0.2, 0.25) is 0 Å². The van der Waals surface area contributed by atoms with Gasteiger partial charge in [-0.2, -0.15) is 5.10 Å². The number of aryl methyl sites for hydroxylation is 2. The molecule has 9 heteroatoms. The van der Waals surface area contributed by atoms with Crippen LogP contribution in [0.1, 0.15) is 34.7 Å². The first-order valence-electron chi connectivity index (χ1n) is 9.61. The van der Waals surface area contributed by atoms with Crippen LogP contribution in [0, 0.1) is 12.7 Å². The van der Waals surface area contributed by atoms with Crippen molar-refractivity contribution < 1.29 is 13.8 Å². The van der Waals surface area contributed by atoms with Crippen molar-refractivity contribution in [3.8, 4) is 11.3 Å². The number of aromatic nitrogens is 4. The predicted molar refractivity (Wildman–Crippen MR) is 103 cm³/mol. The lowest BCUT2D eigenvalue weighted by Crippen LogP contribution is -2.44. The molecule has 3 aromatic rings. The lowest BCUT2D eigenvalue weighted by atomic mass is 10.0. The molecule has 0 unspecified atom stereocenters. The number of likely N-dealkylation sites (tertiary alicyclic amines) is 1. The number of carbonyl (C=O) groups is 1. The van der Waals surface area contributed by atoms with Gasteiger partial charge in [-0.1, -0.05) is 17.3 Å². The molecule has 4 rings (SSSR count). The Bertz CT molecular complexity index is 1010. The molecule has 1 aliphatic rings. The Morgan fingerprint density at radius 1 is 1.28 bits per heavy atom. The second-order valence-electron chi connectivity index (χ2n) is 7.35. The van der Waals surface area contributed by atoms with E-state index in [1.54, 1.807) is 23.7 Å². The molecule has 0 atom stereocenters. The highest BCUT2D eigenvalue weighted by Crippen LogP contribution is 2.23. The summed E-state index contributed by atoms with van der Waals surface area (Å²) in [5, 5.41) is 14.8.